The van der Waals surface area contributed by atoms with E-state index in [9.17, 15) is 9.59 Å². The zero-order chi connectivity index (χ0) is 20.7. The fourth-order valence-corrected chi connectivity index (χ4v) is 3.64. The maximum absolute atomic E-state index is 12.6. The largest absolute Gasteiger partial charge is 0.455 e. The molecule has 6 heteroatoms. The standard InChI is InChI=1S/C23H23N3O3/c1-5-26-13-19(29-22-14(2)7-6-8-15(22)3)17(11-20(26)27)18-12-25(4)23(28)21-16(18)9-10-24-21/h6-13,24H,5H2,1-4H3. The number of nitrogens with one attached hydrogen (secondary N) is 1. The Hall–Kier alpha value is -3.54. The Morgan fingerprint density at radius 2 is 1.76 bits per heavy atom. The third-order valence-electron chi connectivity index (χ3n) is 5.24. The SMILES string of the molecule is CCn1cc(Oc2c(C)cccc2C)c(-c2cn(C)c(=O)c3[nH]ccc23)cc1=O. The molecule has 29 heavy (non-hydrogen) atoms. The highest BCUT2D eigenvalue weighted by molar-refractivity contribution is 5.95. The van der Waals surface area contributed by atoms with E-state index in [2.05, 4.69) is 4.98 Å². The number of ether oxygens (including phenoxy) is 1. The van der Waals surface area contributed by atoms with Crippen molar-refractivity contribution in [2.75, 3.05) is 0 Å². The maximum Gasteiger partial charge on any atom is 0.274 e. The van der Waals surface area contributed by atoms with E-state index in [-0.39, 0.29) is 11.1 Å². The van der Waals surface area contributed by atoms with Crippen molar-refractivity contribution in [2.24, 2.45) is 7.05 Å². The van der Waals surface area contributed by atoms with E-state index < -0.39 is 0 Å². The smallest absolute Gasteiger partial charge is 0.274 e. The molecule has 6 nitrogen and oxygen atoms in total. The fraction of sp³-hybridized carbons (Fsp3) is 0.217. The van der Waals surface area contributed by atoms with E-state index in [0.717, 1.165) is 27.8 Å². The average molecular weight is 389 g/mol. The number of aromatic amines is 1. The van der Waals surface area contributed by atoms with Gasteiger partial charge in [-0.15, -0.1) is 0 Å². The normalized spacial score (nSPS) is 11.2. The maximum atomic E-state index is 12.6. The molecule has 0 spiro atoms. The molecule has 0 atom stereocenters. The second-order valence-corrected chi connectivity index (χ2v) is 7.22. The van der Waals surface area contributed by atoms with Crippen molar-refractivity contribution in [3.63, 3.8) is 0 Å². The summed E-state index contributed by atoms with van der Waals surface area (Å²) in [7, 11) is 1.70. The monoisotopic (exact) mass is 389 g/mol. The highest BCUT2D eigenvalue weighted by Gasteiger charge is 2.17. The average Bonchev–Trinajstić information content (AvgIpc) is 3.18. The molecule has 3 heterocycles. The topological polar surface area (TPSA) is 69.0 Å². The number of para-hydroxylation sites is 1. The quantitative estimate of drug-likeness (QED) is 0.571. The van der Waals surface area contributed by atoms with Crippen LogP contribution in [-0.4, -0.2) is 14.1 Å². The molecule has 0 aliphatic carbocycles. The predicted molar refractivity (Wildman–Crippen MR) is 115 cm³/mol. The van der Waals surface area contributed by atoms with Crippen LogP contribution in [0.25, 0.3) is 22.0 Å². The first kappa shape index (κ1) is 18.8. The highest BCUT2D eigenvalue weighted by atomic mass is 16.5. The molecule has 0 unspecified atom stereocenters. The molecule has 1 N–H and O–H groups in total. The zero-order valence-electron chi connectivity index (χ0n) is 16.9. The summed E-state index contributed by atoms with van der Waals surface area (Å²) in [5.74, 6) is 1.34. The number of nitrogens with zero attached hydrogens (tertiary/aromatic N) is 2. The van der Waals surface area contributed by atoms with Gasteiger partial charge in [0.2, 0.25) is 0 Å². The molecule has 0 fully saturated rings. The van der Waals surface area contributed by atoms with Gasteiger partial charge >= 0.3 is 0 Å². The van der Waals surface area contributed by atoms with Crippen molar-refractivity contribution in [1.29, 1.82) is 0 Å². The molecule has 4 aromatic rings. The van der Waals surface area contributed by atoms with Crippen LogP contribution in [0.2, 0.25) is 0 Å². The molecule has 0 bridgehead atoms. The van der Waals surface area contributed by atoms with Crippen LogP contribution in [0.4, 0.5) is 0 Å². The summed E-state index contributed by atoms with van der Waals surface area (Å²) in [5, 5.41) is 0.758. The van der Waals surface area contributed by atoms with Crippen LogP contribution in [-0.2, 0) is 13.6 Å². The third kappa shape index (κ3) is 3.16. The molecule has 1 aromatic carbocycles. The lowest BCUT2D eigenvalue weighted by Gasteiger charge is -2.17. The van der Waals surface area contributed by atoms with Gasteiger partial charge in [-0.2, -0.15) is 0 Å². The molecular weight excluding hydrogens is 366 g/mol. The van der Waals surface area contributed by atoms with Gasteiger partial charge < -0.3 is 18.9 Å². The Balaban J connectivity index is 2.01. The van der Waals surface area contributed by atoms with Gasteiger partial charge in [0.05, 0.1) is 6.20 Å². The number of aromatic nitrogens is 3. The third-order valence-corrected chi connectivity index (χ3v) is 5.24. The lowest BCUT2D eigenvalue weighted by atomic mass is 10.0. The van der Waals surface area contributed by atoms with Crippen LogP contribution >= 0.6 is 0 Å². The minimum Gasteiger partial charge on any atom is -0.455 e. The minimum atomic E-state index is -0.118. The first-order chi connectivity index (χ1) is 13.9. The number of fused-ring (bicyclic) bond motifs is 1. The number of rotatable bonds is 4. The van der Waals surface area contributed by atoms with Gasteiger partial charge in [0, 0.05) is 48.6 Å². The first-order valence-corrected chi connectivity index (χ1v) is 9.56. The molecule has 148 valence electrons. The van der Waals surface area contributed by atoms with Crippen molar-refractivity contribution in [1.82, 2.24) is 14.1 Å². The van der Waals surface area contributed by atoms with Crippen molar-refractivity contribution in [3.05, 3.63) is 80.8 Å². The van der Waals surface area contributed by atoms with E-state index in [1.54, 1.807) is 36.3 Å². The van der Waals surface area contributed by atoms with Gasteiger partial charge in [0.1, 0.15) is 11.3 Å². The molecule has 0 amide bonds. The minimum absolute atomic E-state index is 0.117. The van der Waals surface area contributed by atoms with E-state index in [4.69, 9.17) is 4.74 Å². The van der Waals surface area contributed by atoms with Gasteiger partial charge in [-0.25, -0.2) is 0 Å². The fourth-order valence-electron chi connectivity index (χ4n) is 3.64. The van der Waals surface area contributed by atoms with E-state index in [0.29, 0.717) is 23.4 Å². The Morgan fingerprint density at radius 1 is 1.03 bits per heavy atom. The second kappa shape index (κ2) is 7.13. The van der Waals surface area contributed by atoms with Crippen LogP contribution in [0.3, 0.4) is 0 Å². The van der Waals surface area contributed by atoms with E-state index in [1.165, 1.54) is 4.57 Å². The van der Waals surface area contributed by atoms with Gasteiger partial charge in [-0.1, -0.05) is 18.2 Å². The Kier molecular flexibility index (Phi) is 4.62. The summed E-state index contributed by atoms with van der Waals surface area (Å²) in [4.78, 5) is 28.1. The number of aryl methyl sites for hydroxylation is 4. The summed E-state index contributed by atoms with van der Waals surface area (Å²) < 4.78 is 9.49. The molecule has 0 aliphatic rings. The van der Waals surface area contributed by atoms with Gasteiger partial charge in [0.25, 0.3) is 11.1 Å². The van der Waals surface area contributed by atoms with Crippen LogP contribution in [0, 0.1) is 13.8 Å². The lowest BCUT2D eigenvalue weighted by molar-refractivity contribution is 0.468. The molecule has 3 aromatic heterocycles. The lowest BCUT2D eigenvalue weighted by Crippen LogP contribution is -2.19. The Labute approximate surface area is 168 Å². The summed E-state index contributed by atoms with van der Waals surface area (Å²) in [6, 6.07) is 9.41. The summed E-state index contributed by atoms with van der Waals surface area (Å²) in [6.07, 6.45) is 5.23. The van der Waals surface area contributed by atoms with Crippen LogP contribution in [0.5, 0.6) is 11.5 Å². The molecule has 0 radical (unpaired) electrons. The second-order valence-electron chi connectivity index (χ2n) is 7.22. The van der Waals surface area contributed by atoms with Gasteiger partial charge in [0.15, 0.2) is 5.75 Å². The summed E-state index contributed by atoms with van der Waals surface area (Å²) in [5.41, 5.74) is 3.71. The highest BCUT2D eigenvalue weighted by Crippen LogP contribution is 2.37. The summed E-state index contributed by atoms with van der Waals surface area (Å²) >= 11 is 0. The van der Waals surface area contributed by atoms with Crippen molar-refractivity contribution in [2.45, 2.75) is 27.3 Å². The zero-order valence-corrected chi connectivity index (χ0v) is 16.9. The van der Waals surface area contributed by atoms with Crippen LogP contribution < -0.4 is 15.9 Å². The Morgan fingerprint density at radius 3 is 2.45 bits per heavy atom. The number of hydrogen-bond donors (Lipinski definition) is 1. The van der Waals surface area contributed by atoms with Crippen LogP contribution in [0.15, 0.2) is 58.5 Å². The van der Waals surface area contributed by atoms with Gasteiger partial charge in [-0.3, -0.25) is 9.59 Å². The molecule has 0 saturated carbocycles. The summed E-state index contributed by atoms with van der Waals surface area (Å²) in [6.45, 7) is 6.44. The molecular formula is C23H23N3O3. The number of pyridine rings is 2. The first-order valence-electron chi connectivity index (χ1n) is 9.56. The molecule has 0 aliphatic heterocycles. The molecule has 0 saturated heterocycles. The predicted octanol–water partition coefficient (Wildman–Crippen LogP) is 4.12. The molecule has 4 rings (SSSR count). The number of benzene rings is 1. The Bertz CT molecular complexity index is 1320. The van der Waals surface area contributed by atoms with Gasteiger partial charge in [-0.05, 0) is 38.0 Å². The van der Waals surface area contributed by atoms with E-state index in [1.807, 2.05) is 45.0 Å². The van der Waals surface area contributed by atoms with Crippen molar-refractivity contribution >= 4 is 10.9 Å². The van der Waals surface area contributed by atoms with E-state index >= 15 is 0 Å². The van der Waals surface area contributed by atoms with Crippen molar-refractivity contribution < 1.29 is 4.74 Å². The van der Waals surface area contributed by atoms with Crippen LogP contribution in [0.1, 0.15) is 18.1 Å². The number of hydrogen-bond acceptors (Lipinski definition) is 3. The number of H-pyrrole nitrogens is 1. The van der Waals surface area contributed by atoms with Crippen molar-refractivity contribution in [3.8, 4) is 22.6 Å².